The summed E-state index contributed by atoms with van der Waals surface area (Å²) in [4.78, 5) is 40.1. The van der Waals surface area contributed by atoms with Crippen molar-refractivity contribution in [2.75, 3.05) is 13.1 Å². The molecule has 0 aromatic heterocycles. The summed E-state index contributed by atoms with van der Waals surface area (Å²) in [6.07, 6.45) is 2.53. The molecule has 0 bridgehead atoms. The number of urea groups is 1. The number of amidine groups is 1. The van der Waals surface area contributed by atoms with Gasteiger partial charge in [-0.05, 0) is 24.5 Å². The SMILES string of the molecule is CC(F)(F)C(=O)NC(=N)c1ccc2c(c1)C(=O)N(C1CCCC[C@H]1NC(=O)N1CCC(F)(F)C1)C2. The maximum Gasteiger partial charge on any atom is 0.322 e. The minimum absolute atomic E-state index is 0.0282. The van der Waals surface area contributed by atoms with Crippen molar-refractivity contribution < 1.29 is 31.9 Å². The van der Waals surface area contributed by atoms with E-state index in [4.69, 9.17) is 5.41 Å². The second-order valence-electron chi connectivity index (χ2n) is 9.46. The molecule has 0 spiro atoms. The predicted molar refractivity (Wildman–Crippen MR) is 118 cm³/mol. The molecule has 2 heterocycles. The molecule has 2 atom stereocenters. The van der Waals surface area contributed by atoms with Crippen LogP contribution < -0.4 is 10.6 Å². The van der Waals surface area contributed by atoms with Crippen LogP contribution in [0.3, 0.4) is 0 Å². The van der Waals surface area contributed by atoms with Crippen LogP contribution in [0.5, 0.6) is 0 Å². The monoisotopic (exact) mass is 497 g/mol. The molecule has 0 radical (unpaired) electrons. The molecular weight excluding hydrogens is 470 g/mol. The smallest absolute Gasteiger partial charge is 0.322 e. The van der Waals surface area contributed by atoms with Gasteiger partial charge in [0.25, 0.3) is 17.7 Å². The third kappa shape index (κ3) is 5.25. The Kier molecular flexibility index (Phi) is 6.50. The number of nitrogens with one attached hydrogen (secondary N) is 3. The van der Waals surface area contributed by atoms with Gasteiger partial charge in [-0.2, -0.15) is 8.78 Å². The van der Waals surface area contributed by atoms with Gasteiger partial charge in [0.05, 0.1) is 18.6 Å². The minimum Gasteiger partial charge on any atom is -0.333 e. The molecule has 35 heavy (non-hydrogen) atoms. The van der Waals surface area contributed by atoms with Gasteiger partial charge < -0.3 is 20.4 Å². The lowest BCUT2D eigenvalue weighted by Gasteiger charge is -2.38. The number of fused-ring (bicyclic) bond motifs is 1. The summed E-state index contributed by atoms with van der Waals surface area (Å²) in [5.74, 6) is -9.04. The van der Waals surface area contributed by atoms with Crippen LogP contribution in [0.4, 0.5) is 22.4 Å². The van der Waals surface area contributed by atoms with Gasteiger partial charge in [0.1, 0.15) is 5.84 Å². The number of benzene rings is 1. The van der Waals surface area contributed by atoms with E-state index in [0.29, 0.717) is 30.9 Å². The Bertz CT molecular complexity index is 1060. The second-order valence-corrected chi connectivity index (χ2v) is 9.46. The van der Waals surface area contributed by atoms with Crippen LogP contribution in [-0.4, -0.2) is 70.5 Å². The molecule has 2 fully saturated rings. The van der Waals surface area contributed by atoms with Crippen molar-refractivity contribution in [1.82, 2.24) is 20.4 Å². The highest BCUT2D eigenvalue weighted by atomic mass is 19.3. The number of alkyl halides is 4. The normalized spacial score (nSPS) is 23.7. The van der Waals surface area contributed by atoms with Gasteiger partial charge in [-0.3, -0.25) is 15.0 Å². The largest absolute Gasteiger partial charge is 0.333 e. The molecule has 1 aliphatic carbocycles. The molecule has 12 heteroatoms. The zero-order valence-electron chi connectivity index (χ0n) is 19.2. The van der Waals surface area contributed by atoms with Crippen molar-refractivity contribution in [3.8, 4) is 0 Å². The van der Waals surface area contributed by atoms with Gasteiger partial charge in [-0.1, -0.05) is 25.0 Å². The van der Waals surface area contributed by atoms with E-state index in [1.54, 1.807) is 11.0 Å². The lowest BCUT2D eigenvalue weighted by atomic mass is 9.89. The minimum atomic E-state index is -3.65. The molecule has 4 rings (SSSR count). The molecule has 190 valence electrons. The number of hydrogen-bond donors (Lipinski definition) is 3. The lowest BCUT2D eigenvalue weighted by molar-refractivity contribution is -0.141. The fourth-order valence-electron chi connectivity index (χ4n) is 4.85. The average Bonchev–Trinajstić information content (AvgIpc) is 3.32. The van der Waals surface area contributed by atoms with E-state index < -0.39 is 42.2 Å². The van der Waals surface area contributed by atoms with Crippen LogP contribution in [0.15, 0.2) is 18.2 Å². The van der Waals surface area contributed by atoms with Crippen LogP contribution in [0, 0.1) is 5.41 Å². The molecule has 1 aromatic rings. The summed E-state index contributed by atoms with van der Waals surface area (Å²) < 4.78 is 53.4. The fraction of sp³-hybridized carbons (Fsp3) is 0.565. The maximum absolute atomic E-state index is 13.5. The molecule has 1 aromatic carbocycles. The average molecular weight is 497 g/mol. The molecule has 3 aliphatic rings. The Labute approximate surface area is 199 Å². The van der Waals surface area contributed by atoms with E-state index in [1.807, 2.05) is 5.32 Å². The summed E-state index contributed by atoms with van der Waals surface area (Å²) in [6, 6.07) is 3.17. The van der Waals surface area contributed by atoms with Crippen molar-refractivity contribution >= 4 is 23.7 Å². The number of carbonyl (C=O) groups is 3. The van der Waals surface area contributed by atoms with Crippen molar-refractivity contribution in [3.63, 3.8) is 0 Å². The van der Waals surface area contributed by atoms with Crippen molar-refractivity contribution in [2.24, 2.45) is 0 Å². The summed E-state index contributed by atoms with van der Waals surface area (Å²) in [5.41, 5.74) is 1.08. The van der Waals surface area contributed by atoms with E-state index in [0.717, 1.165) is 17.7 Å². The number of amides is 4. The maximum atomic E-state index is 13.5. The summed E-state index contributed by atoms with van der Waals surface area (Å²) >= 11 is 0. The summed E-state index contributed by atoms with van der Waals surface area (Å²) in [5, 5.41) is 12.6. The molecule has 4 amide bonds. The van der Waals surface area contributed by atoms with Gasteiger partial charge in [0.2, 0.25) is 0 Å². The standard InChI is InChI=1S/C23H27F4N5O3/c1-22(24,25)20(34)30-18(28)13-6-7-14-11-32(19(33)15(14)10-13)17-5-3-2-4-16(17)29-21(35)31-9-8-23(26,27)12-31/h6-7,10,16-17H,2-5,8-9,11-12H2,1H3,(H,29,35)(H2,28,30,34)/t16-,17?/m1/s1. The Balaban J connectivity index is 1.46. The number of carbonyl (C=O) groups excluding carboxylic acids is 3. The van der Waals surface area contributed by atoms with E-state index in [1.165, 1.54) is 12.1 Å². The first-order valence-corrected chi connectivity index (χ1v) is 11.5. The first-order valence-electron chi connectivity index (χ1n) is 11.5. The van der Waals surface area contributed by atoms with E-state index >= 15 is 0 Å². The number of nitrogens with zero attached hydrogens (tertiary/aromatic N) is 2. The number of halogens is 4. The highest BCUT2D eigenvalue weighted by Crippen LogP contribution is 2.33. The second kappa shape index (κ2) is 9.12. The number of rotatable bonds is 4. The number of likely N-dealkylation sites (tertiary alicyclic amines) is 1. The third-order valence-corrected chi connectivity index (χ3v) is 6.76. The van der Waals surface area contributed by atoms with E-state index in [-0.39, 0.29) is 37.0 Å². The molecule has 2 aliphatic heterocycles. The molecule has 8 nitrogen and oxygen atoms in total. The third-order valence-electron chi connectivity index (χ3n) is 6.76. The van der Waals surface area contributed by atoms with Crippen LogP contribution >= 0.6 is 0 Å². The van der Waals surface area contributed by atoms with Crippen LogP contribution in [0.2, 0.25) is 0 Å². The highest BCUT2D eigenvalue weighted by molar-refractivity contribution is 6.09. The van der Waals surface area contributed by atoms with Gasteiger partial charge in [-0.25, -0.2) is 13.6 Å². The predicted octanol–water partition coefficient (Wildman–Crippen LogP) is 3.10. The van der Waals surface area contributed by atoms with E-state index in [2.05, 4.69) is 5.32 Å². The molecule has 1 saturated heterocycles. The molecular formula is C23H27F4N5O3. The van der Waals surface area contributed by atoms with Crippen LogP contribution in [-0.2, 0) is 11.3 Å². The Morgan fingerprint density at radius 1 is 1.20 bits per heavy atom. The van der Waals surface area contributed by atoms with Gasteiger partial charge >= 0.3 is 12.0 Å². The van der Waals surface area contributed by atoms with Crippen molar-refractivity contribution in [1.29, 1.82) is 5.41 Å². The first kappa shape index (κ1) is 24.9. The van der Waals surface area contributed by atoms with Gasteiger partial charge in [-0.15, -0.1) is 0 Å². The van der Waals surface area contributed by atoms with Gasteiger partial charge in [0, 0.05) is 37.6 Å². The van der Waals surface area contributed by atoms with Gasteiger partial charge in [0.15, 0.2) is 0 Å². The zero-order valence-corrected chi connectivity index (χ0v) is 19.2. The van der Waals surface area contributed by atoms with Crippen LogP contribution in [0.1, 0.15) is 60.5 Å². The topological polar surface area (TPSA) is 106 Å². The molecule has 1 saturated carbocycles. The zero-order chi connectivity index (χ0) is 25.5. The number of hydrogen-bond acceptors (Lipinski definition) is 4. The van der Waals surface area contributed by atoms with Crippen molar-refractivity contribution in [2.45, 2.75) is 69.5 Å². The first-order chi connectivity index (χ1) is 16.4. The Morgan fingerprint density at radius 2 is 1.91 bits per heavy atom. The van der Waals surface area contributed by atoms with E-state index in [9.17, 15) is 31.9 Å². The Morgan fingerprint density at radius 3 is 2.57 bits per heavy atom. The van der Waals surface area contributed by atoms with Crippen LogP contribution in [0.25, 0.3) is 0 Å². The Hall–Kier alpha value is -3.18. The highest BCUT2D eigenvalue weighted by Gasteiger charge is 2.43. The van der Waals surface area contributed by atoms with Crippen molar-refractivity contribution in [3.05, 3.63) is 34.9 Å². The molecule has 1 unspecified atom stereocenters. The summed E-state index contributed by atoms with van der Waals surface area (Å²) in [6.45, 7) is 0.0351. The lowest BCUT2D eigenvalue weighted by Crippen LogP contribution is -2.55. The molecule has 3 N–H and O–H groups in total. The summed E-state index contributed by atoms with van der Waals surface area (Å²) in [7, 11) is 0. The quantitative estimate of drug-likeness (QED) is 0.338. The fourth-order valence-corrected chi connectivity index (χ4v) is 4.85.